The quantitative estimate of drug-likeness (QED) is 0.847. The number of nitrogens with one attached hydrogen (secondary N) is 1. The molecule has 0 saturated carbocycles. The lowest BCUT2D eigenvalue weighted by molar-refractivity contribution is 0.0927. The largest absolute Gasteiger partial charge is 0.350 e. The molecule has 1 atom stereocenters. The molecule has 1 N–H and O–H groups in total. The summed E-state index contributed by atoms with van der Waals surface area (Å²) in [4.78, 5) is 14.7. The Hall–Kier alpha value is -0.580. The second-order valence-electron chi connectivity index (χ2n) is 5.89. The molecule has 1 aliphatic heterocycles. The molecule has 3 nitrogen and oxygen atoms in total. The van der Waals surface area contributed by atoms with Crippen LogP contribution in [-0.4, -0.2) is 36.5 Å². The van der Waals surface area contributed by atoms with Crippen molar-refractivity contribution < 1.29 is 4.79 Å². The first-order valence-electron chi connectivity index (χ1n) is 7.46. The van der Waals surface area contributed by atoms with Crippen LogP contribution in [0.2, 0.25) is 5.02 Å². The molecule has 1 aliphatic rings. The molecule has 1 aromatic carbocycles. The molecule has 0 aliphatic carbocycles. The molecule has 2 rings (SSSR count). The third-order valence-corrected chi connectivity index (χ3v) is 5.27. The molecule has 1 aromatic rings. The van der Waals surface area contributed by atoms with Gasteiger partial charge in [-0.3, -0.25) is 9.69 Å². The number of halogens is 2. The van der Waals surface area contributed by atoms with E-state index in [0.717, 1.165) is 17.6 Å². The van der Waals surface area contributed by atoms with Crippen molar-refractivity contribution in [3.8, 4) is 0 Å². The van der Waals surface area contributed by atoms with Gasteiger partial charge in [0, 0.05) is 22.6 Å². The van der Waals surface area contributed by atoms with E-state index >= 15 is 0 Å². The van der Waals surface area contributed by atoms with Gasteiger partial charge >= 0.3 is 0 Å². The molecule has 0 spiro atoms. The van der Waals surface area contributed by atoms with Crippen LogP contribution in [-0.2, 0) is 0 Å². The summed E-state index contributed by atoms with van der Waals surface area (Å²) >= 11 is 9.37. The van der Waals surface area contributed by atoms with E-state index in [1.54, 1.807) is 18.2 Å². The zero-order valence-corrected chi connectivity index (χ0v) is 14.9. The topological polar surface area (TPSA) is 32.3 Å². The van der Waals surface area contributed by atoms with Gasteiger partial charge in [0.05, 0.1) is 5.02 Å². The van der Waals surface area contributed by atoms with Crippen molar-refractivity contribution in [3.05, 3.63) is 33.3 Å². The summed E-state index contributed by atoms with van der Waals surface area (Å²) in [5.74, 6) is 0.464. The van der Waals surface area contributed by atoms with Gasteiger partial charge in [-0.1, -0.05) is 25.4 Å². The average molecular weight is 374 g/mol. The number of amides is 1. The number of rotatable bonds is 5. The van der Waals surface area contributed by atoms with Gasteiger partial charge in [0.15, 0.2) is 0 Å². The maximum absolute atomic E-state index is 12.2. The Balaban J connectivity index is 1.96. The van der Waals surface area contributed by atoms with Crippen LogP contribution < -0.4 is 5.32 Å². The summed E-state index contributed by atoms with van der Waals surface area (Å²) in [5, 5.41) is 3.61. The Bertz CT molecular complexity index is 501. The zero-order valence-electron chi connectivity index (χ0n) is 12.5. The summed E-state index contributed by atoms with van der Waals surface area (Å²) in [6, 6.07) is 5.69. The predicted molar refractivity (Wildman–Crippen MR) is 90.9 cm³/mol. The lowest BCUT2D eigenvalue weighted by Crippen LogP contribution is -2.45. The van der Waals surface area contributed by atoms with Crippen molar-refractivity contribution in [2.24, 2.45) is 5.92 Å². The van der Waals surface area contributed by atoms with Crippen LogP contribution in [0.25, 0.3) is 0 Å². The fraction of sp³-hybridized carbons (Fsp3) is 0.562. The summed E-state index contributed by atoms with van der Waals surface area (Å²) in [6.45, 7) is 7.40. The molecule has 0 aromatic heterocycles. The van der Waals surface area contributed by atoms with Crippen LogP contribution in [0.1, 0.15) is 37.0 Å². The molecule has 1 saturated heterocycles. The minimum atomic E-state index is -0.0609. The van der Waals surface area contributed by atoms with Crippen molar-refractivity contribution in [3.63, 3.8) is 0 Å². The van der Waals surface area contributed by atoms with Gasteiger partial charge in [-0.05, 0) is 66.0 Å². The molecule has 1 unspecified atom stereocenters. The van der Waals surface area contributed by atoms with Crippen LogP contribution in [0.4, 0.5) is 0 Å². The summed E-state index contributed by atoms with van der Waals surface area (Å²) in [5.41, 5.74) is 0.604. The fourth-order valence-electron chi connectivity index (χ4n) is 2.80. The fourth-order valence-corrected chi connectivity index (χ4v) is 3.22. The van der Waals surface area contributed by atoms with Gasteiger partial charge in [-0.25, -0.2) is 0 Å². The number of nitrogens with zero attached hydrogens (tertiary/aromatic N) is 1. The minimum absolute atomic E-state index is 0.0609. The molecule has 116 valence electrons. The lowest BCUT2D eigenvalue weighted by atomic mass is 10.0. The number of benzene rings is 1. The SMILES string of the molecule is CC(C)C(CNC(=O)c1ccc(Br)c(Cl)c1)N1CCCC1. The first-order chi connectivity index (χ1) is 9.99. The first-order valence-corrected chi connectivity index (χ1v) is 8.63. The molecular weight excluding hydrogens is 352 g/mol. The van der Waals surface area contributed by atoms with E-state index in [0.29, 0.717) is 29.1 Å². The van der Waals surface area contributed by atoms with Crippen LogP contribution in [0.3, 0.4) is 0 Å². The van der Waals surface area contributed by atoms with Crippen molar-refractivity contribution >= 4 is 33.4 Å². The lowest BCUT2D eigenvalue weighted by Gasteiger charge is -2.31. The van der Waals surface area contributed by atoms with Crippen LogP contribution in [0.15, 0.2) is 22.7 Å². The Labute approximate surface area is 140 Å². The van der Waals surface area contributed by atoms with Gasteiger partial charge in [0.25, 0.3) is 5.91 Å². The van der Waals surface area contributed by atoms with E-state index in [1.165, 1.54) is 12.8 Å². The molecular formula is C16H22BrClN2O. The Morgan fingerprint density at radius 3 is 2.62 bits per heavy atom. The number of carbonyl (C=O) groups excluding carboxylic acids is 1. The average Bonchev–Trinajstić information content (AvgIpc) is 2.95. The summed E-state index contributed by atoms with van der Waals surface area (Å²) in [7, 11) is 0. The maximum atomic E-state index is 12.2. The van der Waals surface area contributed by atoms with Gasteiger partial charge in [0.1, 0.15) is 0 Å². The monoisotopic (exact) mass is 372 g/mol. The highest BCUT2D eigenvalue weighted by molar-refractivity contribution is 9.10. The van der Waals surface area contributed by atoms with E-state index in [9.17, 15) is 4.79 Å². The van der Waals surface area contributed by atoms with Gasteiger partial charge < -0.3 is 5.32 Å². The smallest absolute Gasteiger partial charge is 0.251 e. The van der Waals surface area contributed by atoms with E-state index in [4.69, 9.17) is 11.6 Å². The molecule has 0 radical (unpaired) electrons. The molecule has 1 fully saturated rings. The highest BCUT2D eigenvalue weighted by Gasteiger charge is 2.25. The predicted octanol–water partition coefficient (Wildman–Crippen LogP) is 3.95. The molecule has 1 amide bonds. The highest BCUT2D eigenvalue weighted by Crippen LogP contribution is 2.23. The summed E-state index contributed by atoms with van der Waals surface area (Å²) in [6.07, 6.45) is 2.53. The van der Waals surface area contributed by atoms with E-state index in [1.807, 2.05) is 0 Å². The molecule has 0 bridgehead atoms. The Morgan fingerprint density at radius 1 is 1.38 bits per heavy atom. The minimum Gasteiger partial charge on any atom is -0.350 e. The maximum Gasteiger partial charge on any atom is 0.251 e. The highest BCUT2D eigenvalue weighted by atomic mass is 79.9. The number of likely N-dealkylation sites (tertiary alicyclic amines) is 1. The van der Waals surface area contributed by atoms with Crippen molar-refractivity contribution in [2.75, 3.05) is 19.6 Å². The number of carbonyl (C=O) groups is 1. The van der Waals surface area contributed by atoms with Gasteiger partial charge in [-0.2, -0.15) is 0 Å². The Kier molecular flexibility index (Phi) is 6.08. The second kappa shape index (κ2) is 7.61. The van der Waals surface area contributed by atoms with E-state index in [-0.39, 0.29) is 5.91 Å². The van der Waals surface area contributed by atoms with Gasteiger partial charge in [0.2, 0.25) is 0 Å². The van der Waals surface area contributed by atoms with Crippen LogP contribution >= 0.6 is 27.5 Å². The van der Waals surface area contributed by atoms with Gasteiger partial charge in [-0.15, -0.1) is 0 Å². The van der Waals surface area contributed by atoms with Crippen molar-refractivity contribution in [1.82, 2.24) is 10.2 Å². The summed E-state index contributed by atoms with van der Waals surface area (Å²) < 4.78 is 0.804. The molecule has 21 heavy (non-hydrogen) atoms. The Morgan fingerprint density at radius 2 is 2.05 bits per heavy atom. The third-order valence-electron chi connectivity index (χ3n) is 4.03. The third kappa shape index (κ3) is 4.44. The van der Waals surface area contributed by atoms with Crippen molar-refractivity contribution in [1.29, 1.82) is 0 Å². The number of hydrogen-bond donors (Lipinski definition) is 1. The van der Waals surface area contributed by atoms with Crippen LogP contribution in [0, 0.1) is 5.92 Å². The van der Waals surface area contributed by atoms with E-state index < -0.39 is 0 Å². The molecule has 1 heterocycles. The standard InChI is InChI=1S/C16H22BrClN2O/c1-11(2)15(20-7-3-4-8-20)10-19-16(21)12-5-6-13(17)14(18)9-12/h5-6,9,11,15H,3-4,7-8,10H2,1-2H3,(H,19,21). The van der Waals surface area contributed by atoms with Crippen LogP contribution in [0.5, 0.6) is 0 Å². The normalized spacial score (nSPS) is 17.2. The molecule has 5 heteroatoms. The second-order valence-corrected chi connectivity index (χ2v) is 7.15. The van der Waals surface area contributed by atoms with Crippen molar-refractivity contribution in [2.45, 2.75) is 32.7 Å². The van der Waals surface area contributed by atoms with E-state index in [2.05, 4.69) is 40.0 Å². The first kappa shape index (κ1) is 16.8. The number of hydrogen-bond acceptors (Lipinski definition) is 2. The zero-order chi connectivity index (χ0) is 15.4.